The van der Waals surface area contributed by atoms with E-state index in [1.54, 1.807) is 6.92 Å². The zero-order valence-corrected chi connectivity index (χ0v) is 56.7. The van der Waals surface area contributed by atoms with Crippen molar-refractivity contribution in [1.82, 2.24) is 0 Å². The zero-order valence-electron chi connectivity index (χ0n) is 56.7. The predicted octanol–water partition coefficient (Wildman–Crippen LogP) is 23.1. The number of benzene rings is 17. The topological polar surface area (TPSA) is 4.44 Å². The second kappa shape index (κ2) is 26.5. The smallest absolute Gasteiger partial charge is 0.231 e. The maximum atomic E-state index is 19.3. The minimum Gasteiger partial charge on any atom is -0.231 e. The highest BCUT2D eigenvalue weighted by Gasteiger charge is 2.67. The minimum atomic E-state index is -8.50. The van der Waals surface area contributed by atoms with Gasteiger partial charge in [0.05, 0.1) is 71.2 Å². The molecule has 0 radical (unpaired) electrons. The molecule has 1 N–H and O–H groups in total. The Labute approximate surface area is 632 Å². The molecule has 0 heterocycles. The van der Waals surface area contributed by atoms with E-state index in [0.29, 0.717) is 12.5 Å². The molecular formula is C76H13BF43N. The number of quaternary nitrogens is 1. The van der Waals surface area contributed by atoms with E-state index in [-0.39, 0.29) is 6.42 Å². The summed E-state index contributed by atoms with van der Waals surface area (Å²) in [6.45, 7) is 0.925. The molecule has 17 aromatic rings. The van der Waals surface area contributed by atoms with Crippen LogP contribution in [0.4, 0.5) is 194 Å². The zero-order chi connectivity index (χ0) is 89.0. The normalized spacial score (nSPS) is 13.2. The monoisotopic (exact) mass is 1770 g/mol. The molecule has 17 aromatic carbocycles. The fourth-order valence-corrected chi connectivity index (χ4v) is 16.8. The first kappa shape index (κ1) is 82.6. The van der Waals surface area contributed by atoms with Crippen LogP contribution < -0.4 is 26.8 Å². The summed E-state index contributed by atoms with van der Waals surface area (Å²) < 4.78 is 712. The number of halogens is 43. The second-order valence-corrected chi connectivity index (χ2v) is 27.1. The third-order valence-corrected chi connectivity index (χ3v) is 21.5. The van der Waals surface area contributed by atoms with Crippen molar-refractivity contribution in [1.29, 1.82) is 0 Å². The van der Waals surface area contributed by atoms with Crippen molar-refractivity contribution in [2.45, 2.75) is 32.0 Å². The molecule has 0 saturated carbocycles. The summed E-state index contributed by atoms with van der Waals surface area (Å²) in [4.78, 5) is -1.44. The van der Waals surface area contributed by atoms with Gasteiger partial charge < -0.3 is 0 Å². The van der Waals surface area contributed by atoms with E-state index < -0.39 is 408 Å². The van der Waals surface area contributed by atoms with E-state index in [1.807, 2.05) is 0 Å². The standard InChI is InChI=1S/C64BF36.C12H12F7N/c66-29-9-1-5-17(33(29)70)49(86)61(98)53(90)21(5)41(78)37(74)13(1)45(82)57(94)25(9)65(26-10-2-6-18(34(71)30(10)67)50(87)62(99)54(91)22(6)42(79)38(75)14(2)46(83)58(26)95,27-11-3-7-19(35(72)31(11)68)51(88)63(100)55(92)23(7)43(80)39(76)15(3)47(84)59(27)96)28-12-4-8-20(36(73)32(12)69)52(89)64(101)56(93)24(8)44(81)40(77)16(4)48(85)60(28)97;1-2-3-7-20(12(18,19)11(15,16)17)9-6-4-5-8(13)10(9)14/h;4-6H,2-3,7H2,1H3/q-1;/p+1. The summed E-state index contributed by atoms with van der Waals surface area (Å²) in [5, 5.41) is -71.3. The molecule has 1 unspecified atom stereocenters. The number of alkyl halides is 5. The van der Waals surface area contributed by atoms with E-state index in [9.17, 15) is 30.7 Å². The van der Waals surface area contributed by atoms with Crippen molar-refractivity contribution in [3.05, 3.63) is 239 Å². The number of hydrogen-bond acceptors (Lipinski definition) is 0. The molecule has 0 aliphatic rings. The summed E-state index contributed by atoms with van der Waals surface area (Å²) >= 11 is 0. The molecule has 0 aromatic heterocycles. The van der Waals surface area contributed by atoms with Gasteiger partial charge in [-0.1, -0.05) is 19.4 Å². The molecule has 121 heavy (non-hydrogen) atoms. The Hall–Kier alpha value is -12.1. The van der Waals surface area contributed by atoms with Crippen molar-refractivity contribution in [3.63, 3.8) is 0 Å². The van der Waals surface area contributed by atoms with Crippen LogP contribution in [0, 0.1) is 221 Å². The molecule has 0 saturated heterocycles. The highest BCUT2D eigenvalue weighted by Crippen LogP contribution is 2.54. The van der Waals surface area contributed by atoms with Crippen LogP contribution in [0.5, 0.6) is 0 Å². The van der Waals surface area contributed by atoms with Crippen molar-refractivity contribution >= 4 is 163 Å². The third-order valence-electron chi connectivity index (χ3n) is 21.5. The summed E-state index contributed by atoms with van der Waals surface area (Å²) in [6.07, 6.45) is -14.0. The molecule has 0 fully saturated rings. The molecule has 0 bridgehead atoms. The van der Waals surface area contributed by atoms with Crippen LogP contribution in [0.3, 0.4) is 0 Å². The van der Waals surface area contributed by atoms with Crippen molar-refractivity contribution in [2.24, 2.45) is 0 Å². The van der Waals surface area contributed by atoms with Gasteiger partial charge in [-0.15, -0.1) is 30.6 Å². The average molecular weight is 1770 g/mol. The number of nitrogens with one attached hydrogen (secondary N) is 1. The van der Waals surface area contributed by atoms with Crippen LogP contribution in [0.1, 0.15) is 19.8 Å². The second-order valence-electron chi connectivity index (χ2n) is 27.1. The molecule has 45 heteroatoms. The number of hydrogen-bond donors (Lipinski definition) is 1. The summed E-state index contributed by atoms with van der Waals surface area (Å²) in [7, 11) is 0. The Balaban J connectivity index is 0.000000480. The molecule has 0 aliphatic carbocycles. The molecule has 626 valence electrons. The minimum absolute atomic E-state index is 0.0109. The van der Waals surface area contributed by atoms with Gasteiger partial charge in [-0.2, -0.15) is 17.6 Å². The van der Waals surface area contributed by atoms with Gasteiger partial charge >= 0.3 is 12.2 Å². The highest BCUT2D eigenvalue weighted by molar-refractivity contribution is 7.23. The average Bonchev–Trinajstić information content (AvgIpc) is 0.645. The summed E-state index contributed by atoms with van der Waals surface area (Å²) in [5.41, 5.74) is -16.9. The van der Waals surface area contributed by atoms with Gasteiger partial charge in [0, 0.05) is 49.2 Å². The Bertz CT molecular complexity index is 6770. The molecular weight excluding hydrogens is 1750 g/mol. The molecule has 17 rings (SSSR count). The van der Waals surface area contributed by atoms with Crippen molar-refractivity contribution in [2.75, 3.05) is 6.54 Å². The van der Waals surface area contributed by atoms with Crippen molar-refractivity contribution in [3.8, 4) is 0 Å². The van der Waals surface area contributed by atoms with E-state index in [2.05, 4.69) is 0 Å². The van der Waals surface area contributed by atoms with Crippen LogP contribution in [-0.2, 0) is 0 Å². The van der Waals surface area contributed by atoms with Gasteiger partial charge in [0.2, 0.25) is 5.82 Å². The Morgan fingerprint density at radius 2 is 0.372 bits per heavy atom. The lowest BCUT2D eigenvalue weighted by atomic mass is 9.11. The Morgan fingerprint density at radius 1 is 0.207 bits per heavy atom. The Morgan fingerprint density at radius 3 is 0.554 bits per heavy atom. The van der Waals surface area contributed by atoms with Crippen LogP contribution in [-0.4, -0.2) is 24.9 Å². The number of unbranched alkanes of at least 4 members (excludes halogenated alkanes) is 1. The molecule has 0 amide bonds. The lowest BCUT2D eigenvalue weighted by Crippen LogP contribution is -3.16. The van der Waals surface area contributed by atoms with E-state index in [4.69, 9.17) is 0 Å². The maximum Gasteiger partial charge on any atom is 0.515 e. The van der Waals surface area contributed by atoms with Crippen LogP contribution in [0.2, 0.25) is 0 Å². The van der Waals surface area contributed by atoms with Crippen LogP contribution in [0.15, 0.2) is 18.2 Å². The third kappa shape index (κ3) is 9.72. The quantitative estimate of drug-likeness (QED) is 0.0483. The Kier molecular flexibility index (Phi) is 18.1. The lowest BCUT2D eigenvalue weighted by Gasteiger charge is -2.48. The van der Waals surface area contributed by atoms with Gasteiger partial charge in [0.25, 0.3) is 0 Å². The fraction of sp³-hybridized carbons (Fsp3) is 0.0789. The highest BCUT2D eigenvalue weighted by atomic mass is 19.4. The van der Waals surface area contributed by atoms with Gasteiger partial charge in [-0.05, 0) is 34.0 Å². The summed E-state index contributed by atoms with van der Waals surface area (Å²) in [5.74, 6) is -133. The largest absolute Gasteiger partial charge is 0.515 e. The lowest BCUT2D eigenvalue weighted by molar-refractivity contribution is -0.951. The molecule has 1 nitrogen and oxygen atoms in total. The molecule has 1 atom stereocenters. The van der Waals surface area contributed by atoms with Crippen LogP contribution >= 0.6 is 0 Å². The van der Waals surface area contributed by atoms with Gasteiger partial charge in [-0.3, -0.25) is 0 Å². The van der Waals surface area contributed by atoms with Gasteiger partial charge in [-0.25, -0.2) is 167 Å². The fourth-order valence-electron chi connectivity index (χ4n) is 16.8. The first-order chi connectivity index (χ1) is 56.4. The maximum absolute atomic E-state index is 19.3. The molecule has 0 aliphatic heterocycles. The van der Waals surface area contributed by atoms with Crippen molar-refractivity contribution < 1.29 is 194 Å². The SMILES string of the molecule is CCCC[NH+](c1cccc(F)c1F)C(F)(F)C(F)(F)F.Fc1c(F)c2c(F)c(F)c3c(F)c(F)c([B-](c4c(F)c(F)c5c(F)c(F)c6c(F)c(F)c(F)c7c(F)c(F)c4c5c67)(c4c(F)c(F)c5c(F)c(F)c6c(F)c(F)c(F)c7c(F)c(F)c4c5c67)c4c(F)c(F)c5c(F)c(F)c6c(F)c(F)c(F)c7c(F)c(F)c4c5c67)c4c(F)c(F)c(c1F)c2c34. The first-order valence-electron chi connectivity index (χ1n) is 32.8. The van der Waals surface area contributed by atoms with Gasteiger partial charge in [0.1, 0.15) is 29.4 Å². The van der Waals surface area contributed by atoms with E-state index in [1.165, 1.54) is 0 Å². The van der Waals surface area contributed by atoms with Gasteiger partial charge in [0.15, 0.2) is 198 Å². The predicted molar refractivity (Wildman–Crippen MR) is 341 cm³/mol. The summed E-state index contributed by atoms with van der Waals surface area (Å²) in [6, 6.07) is -2.92. The van der Waals surface area contributed by atoms with E-state index in [0.717, 1.165) is 12.1 Å². The van der Waals surface area contributed by atoms with E-state index >= 15 is 158 Å². The van der Waals surface area contributed by atoms with Crippen LogP contribution in [0.25, 0.3) is 129 Å². The molecule has 0 spiro atoms. The number of rotatable bonds is 9. The first-order valence-corrected chi connectivity index (χ1v) is 32.8.